The lowest BCUT2D eigenvalue weighted by Gasteiger charge is -2.13. The quantitative estimate of drug-likeness (QED) is 0.907. The Kier molecular flexibility index (Phi) is 4.63. The molecule has 0 saturated heterocycles. The highest BCUT2D eigenvalue weighted by molar-refractivity contribution is 6.30. The van der Waals surface area contributed by atoms with E-state index in [4.69, 9.17) is 22.1 Å². The molecule has 0 bridgehead atoms. The summed E-state index contributed by atoms with van der Waals surface area (Å²) in [6.45, 7) is 4.01. The third-order valence-electron chi connectivity index (χ3n) is 3.14. The fourth-order valence-electron chi connectivity index (χ4n) is 1.93. The van der Waals surface area contributed by atoms with Crippen molar-refractivity contribution < 1.29 is 9.13 Å². The number of benzene rings is 2. The fraction of sp³-hybridized carbons (Fsp3) is 0.250. The van der Waals surface area contributed by atoms with Crippen LogP contribution in [-0.2, 0) is 6.61 Å². The Bertz CT molecular complexity index is 613. The minimum absolute atomic E-state index is 0.0203. The summed E-state index contributed by atoms with van der Waals surface area (Å²) in [5, 5.41) is 0.107. The van der Waals surface area contributed by atoms with E-state index in [0.29, 0.717) is 11.3 Å². The van der Waals surface area contributed by atoms with Crippen LogP contribution in [0.3, 0.4) is 0 Å². The third-order valence-corrected chi connectivity index (χ3v) is 3.43. The lowest BCUT2D eigenvalue weighted by molar-refractivity contribution is 0.297. The predicted octanol–water partition coefficient (Wildman–Crippen LogP) is 4.39. The molecule has 0 spiro atoms. The predicted molar refractivity (Wildman–Crippen MR) is 79.5 cm³/mol. The molecule has 1 atom stereocenters. The van der Waals surface area contributed by atoms with E-state index in [2.05, 4.69) is 0 Å². The zero-order valence-electron chi connectivity index (χ0n) is 11.5. The highest BCUT2D eigenvalue weighted by Gasteiger charge is 2.08. The van der Waals surface area contributed by atoms with Crippen LogP contribution in [0.4, 0.5) is 4.39 Å². The highest BCUT2D eigenvalue weighted by Crippen LogP contribution is 2.24. The first-order valence-electron chi connectivity index (χ1n) is 6.41. The van der Waals surface area contributed by atoms with E-state index in [1.165, 1.54) is 6.07 Å². The van der Waals surface area contributed by atoms with Crippen LogP contribution in [-0.4, -0.2) is 0 Å². The molecule has 0 aromatic heterocycles. The summed E-state index contributed by atoms with van der Waals surface area (Å²) < 4.78 is 19.4. The molecule has 0 saturated carbocycles. The maximum absolute atomic E-state index is 13.7. The summed E-state index contributed by atoms with van der Waals surface area (Å²) in [6.07, 6.45) is 0. The van der Waals surface area contributed by atoms with E-state index >= 15 is 0 Å². The minimum Gasteiger partial charge on any atom is -0.489 e. The van der Waals surface area contributed by atoms with Crippen LogP contribution in [0.15, 0.2) is 36.4 Å². The van der Waals surface area contributed by atoms with Crippen molar-refractivity contribution >= 4 is 11.6 Å². The van der Waals surface area contributed by atoms with Gasteiger partial charge in [-0.1, -0.05) is 35.9 Å². The molecule has 2 rings (SSSR count). The Morgan fingerprint density at radius 1 is 1.30 bits per heavy atom. The van der Waals surface area contributed by atoms with Crippen LogP contribution >= 0.6 is 11.6 Å². The molecule has 2 aromatic carbocycles. The van der Waals surface area contributed by atoms with Gasteiger partial charge in [0, 0.05) is 11.6 Å². The average Bonchev–Trinajstić information content (AvgIpc) is 2.41. The number of halogens is 2. The first kappa shape index (κ1) is 14.8. The molecule has 0 fully saturated rings. The summed E-state index contributed by atoms with van der Waals surface area (Å²) >= 11 is 5.74. The van der Waals surface area contributed by atoms with Gasteiger partial charge in [-0.2, -0.15) is 0 Å². The normalized spacial score (nSPS) is 12.2. The highest BCUT2D eigenvalue weighted by atomic mass is 35.5. The van der Waals surface area contributed by atoms with Crippen molar-refractivity contribution in [3.63, 3.8) is 0 Å². The van der Waals surface area contributed by atoms with Crippen LogP contribution in [0.25, 0.3) is 0 Å². The molecule has 20 heavy (non-hydrogen) atoms. The maximum Gasteiger partial charge on any atom is 0.148 e. The number of nitrogens with two attached hydrogens (primary N) is 1. The van der Waals surface area contributed by atoms with Gasteiger partial charge in [0.15, 0.2) is 0 Å². The molecular formula is C16H17ClFNO. The fourth-order valence-corrected chi connectivity index (χ4v) is 2.13. The van der Waals surface area contributed by atoms with Crippen LogP contribution in [0.1, 0.15) is 29.7 Å². The van der Waals surface area contributed by atoms with Crippen molar-refractivity contribution in [1.29, 1.82) is 0 Å². The number of hydrogen-bond acceptors (Lipinski definition) is 2. The van der Waals surface area contributed by atoms with E-state index in [9.17, 15) is 4.39 Å². The van der Waals surface area contributed by atoms with Gasteiger partial charge in [0.25, 0.3) is 0 Å². The molecular weight excluding hydrogens is 277 g/mol. The molecule has 0 aliphatic carbocycles. The average molecular weight is 294 g/mol. The lowest BCUT2D eigenvalue weighted by atomic mass is 10.1. The standard InChI is InChI=1S/C16H17ClFNO/c1-10-8-12(11(2)19)6-7-15(10)20-9-13-4-3-5-14(17)16(13)18/h3-8,11H,9,19H2,1-2H3. The van der Waals surface area contributed by atoms with Gasteiger partial charge in [0.1, 0.15) is 18.2 Å². The van der Waals surface area contributed by atoms with Crippen LogP contribution in [0, 0.1) is 12.7 Å². The van der Waals surface area contributed by atoms with Crippen molar-refractivity contribution in [2.45, 2.75) is 26.5 Å². The Balaban J connectivity index is 2.13. The molecule has 1 unspecified atom stereocenters. The van der Waals surface area contributed by atoms with Crippen molar-refractivity contribution in [1.82, 2.24) is 0 Å². The second-order valence-corrected chi connectivity index (χ2v) is 5.22. The molecule has 0 aliphatic heterocycles. The van der Waals surface area contributed by atoms with Crippen LogP contribution in [0.2, 0.25) is 5.02 Å². The largest absolute Gasteiger partial charge is 0.489 e. The van der Waals surface area contributed by atoms with Gasteiger partial charge >= 0.3 is 0 Å². The summed E-state index contributed by atoms with van der Waals surface area (Å²) in [6, 6.07) is 10.6. The van der Waals surface area contributed by atoms with E-state index in [1.807, 2.05) is 32.0 Å². The van der Waals surface area contributed by atoms with E-state index in [-0.39, 0.29) is 17.7 Å². The minimum atomic E-state index is -0.431. The molecule has 4 heteroatoms. The van der Waals surface area contributed by atoms with Gasteiger partial charge in [-0.15, -0.1) is 0 Å². The van der Waals surface area contributed by atoms with Gasteiger partial charge in [-0.25, -0.2) is 4.39 Å². The summed E-state index contributed by atoms with van der Waals surface area (Å²) in [5.41, 5.74) is 8.29. The second kappa shape index (κ2) is 6.25. The number of rotatable bonds is 4. The Hall–Kier alpha value is -1.58. The molecule has 0 aliphatic rings. The topological polar surface area (TPSA) is 35.2 Å². The SMILES string of the molecule is Cc1cc(C(C)N)ccc1OCc1cccc(Cl)c1F. The Morgan fingerprint density at radius 2 is 2.05 bits per heavy atom. The molecule has 0 amide bonds. The van der Waals surface area contributed by atoms with Gasteiger partial charge in [-0.3, -0.25) is 0 Å². The van der Waals surface area contributed by atoms with Gasteiger partial charge in [0.2, 0.25) is 0 Å². The van der Waals surface area contributed by atoms with Crippen LogP contribution < -0.4 is 10.5 Å². The van der Waals surface area contributed by atoms with E-state index in [0.717, 1.165) is 11.1 Å². The maximum atomic E-state index is 13.7. The van der Waals surface area contributed by atoms with Crippen molar-refractivity contribution in [3.8, 4) is 5.75 Å². The first-order valence-corrected chi connectivity index (χ1v) is 6.78. The summed E-state index contributed by atoms with van der Waals surface area (Å²) in [5.74, 6) is 0.285. The molecule has 2 nitrogen and oxygen atoms in total. The van der Waals surface area contributed by atoms with Crippen molar-refractivity contribution in [2.75, 3.05) is 0 Å². The monoisotopic (exact) mass is 293 g/mol. The van der Waals surface area contributed by atoms with E-state index < -0.39 is 5.82 Å². The molecule has 0 heterocycles. The first-order chi connectivity index (χ1) is 9.49. The van der Waals surface area contributed by atoms with Crippen LogP contribution in [0.5, 0.6) is 5.75 Å². The van der Waals surface area contributed by atoms with Crippen molar-refractivity contribution in [2.24, 2.45) is 5.73 Å². The van der Waals surface area contributed by atoms with E-state index in [1.54, 1.807) is 12.1 Å². The molecule has 2 aromatic rings. The number of ether oxygens (including phenoxy) is 1. The molecule has 2 N–H and O–H groups in total. The van der Waals surface area contributed by atoms with Crippen molar-refractivity contribution in [3.05, 3.63) is 63.9 Å². The summed E-state index contributed by atoms with van der Waals surface area (Å²) in [4.78, 5) is 0. The van der Waals surface area contributed by atoms with Gasteiger partial charge in [0.05, 0.1) is 5.02 Å². The smallest absolute Gasteiger partial charge is 0.148 e. The molecule has 106 valence electrons. The third kappa shape index (κ3) is 3.30. The Labute approximate surface area is 123 Å². The number of aryl methyl sites for hydroxylation is 1. The van der Waals surface area contributed by atoms with Gasteiger partial charge < -0.3 is 10.5 Å². The number of hydrogen-bond donors (Lipinski definition) is 1. The molecule has 0 radical (unpaired) electrons. The summed E-state index contributed by atoms with van der Waals surface area (Å²) in [7, 11) is 0. The zero-order valence-corrected chi connectivity index (χ0v) is 12.2. The lowest BCUT2D eigenvalue weighted by Crippen LogP contribution is -2.06. The zero-order chi connectivity index (χ0) is 14.7. The Morgan fingerprint density at radius 3 is 2.70 bits per heavy atom. The van der Waals surface area contributed by atoms with Gasteiger partial charge in [-0.05, 0) is 37.1 Å². The second-order valence-electron chi connectivity index (χ2n) is 4.82.